The Morgan fingerprint density at radius 1 is 1.48 bits per heavy atom. The summed E-state index contributed by atoms with van der Waals surface area (Å²) in [6, 6.07) is 1.64. The van der Waals surface area contributed by atoms with Crippen molar-refractivity contribution in [1.82, 2.24) is 4.31 Å². The third kappa shape index (κ3) is 3.48. The van der Waals surface area contributed by atoms with Crippen molar-refractivity contribution in [2.45, 2.75) is 31.7 Å². The minimum atomic E-state index is -3.93. The van der Waals surface area contributed by atoms with Gasteiger partial charge in [-0.3, -0.25) is 0 Å². The first-order valence-corrected chi connectivity index (χ1v) is 7.73. The van der Waals surface area contributed by atoms with Crippen LogP contribution in [0.2, 0.25) is 0 Å². The highest BCUT2D eigenvalue weighted by Gasteiger charge is 2.28. The van der Waals surface area contributed by atoms with E-state index in [1.807, 2.05) is 0 Å². The number of aryl methyl sites for hydroxylation is 1. The lowest BCUT2D eigenvalue weighted by molar-refractivity contribution is 0.0691. The fourth-order valence-corrected chi connectivity index (χ4v) is 3.61. The highest BCUT2D eigenvalue weighted by atomic mass is 32.2. The number of nitrogens with zero attached hydrogens (tertiary/aromatic N) is 1. The van der Waals surface area contributed by atoms with Gasteiger partial charge < -0.3 is 5.11 Å². The highest BCUT2D eigenvalue weighted by molar-refractivity contribution is 7.89. The number of aromatic carboxylic acids is 1. The molecule has 0 radical (unpaired) electrons. The Balaban J connectivity index is 3.51. The van der Waals surface area contributed by atoms with Gasteiger partial charge in [0.2, 0.25) is 10.0 Å². The molecule has 0 amide bonds. The second-order valence-corrected chi connectivity index (χ2v) is 6.75. The summed E-state index contributed by atoms with van der Waals surface area (Å²) in [6.45, 7) is 8.30. The van der Waals surface area contributed by atoms with E-state index in [-0.39, 0.29) is 23.0 Å². The quantitative estimate of drug-likeness (QED) is 0.818. The van der Waals surface area contributed by atoms with E-state index < -0.39 is 27.4 Å². The summed E-state index contributed by atoms with van der Waals surface area (Å²) in [5, 5.41) is 8.97. The number of sulfonamides is 1. The summed E-state index contributed by atoms with van der Waals surface area (Å²) in [5.74, 6) is -2.44. The Bertz CT molecular complexity index is 668. The van der Waals surface area contributed by atoms with Gasteiger partial charge in [0, 0.05) is 12.6 Å². The van der Waals surface area contributed by atoms with Crippen molar-refractivity contribution in [3.63, 3.8) is 0 Å². The van der Waals surface area contributed by atoms with Gasteiger partial charge in [0.15, 0.2) is 0 Å². The van der Waals surface area contributed by atoms with Gasteiger partial charge in [-0.05, 0) is 38.5 Å². The predicted octanol–water partition coefficient (Wildman–Crippen LogP) is 2.42. The smallest absolute Gasteiger partial charge is 0.338 e. The van der Waals surface area contributed by atoms with Crippen molar-refractivity contribution >= 4 is 16.0 Å². The zero-order chi connectivity index (χ0) is 16.4. The van der Waals surface area contributed by atoms with E-state index in [1.54, 1.807) is 13.8 Å². The Kier molecular flexibility index (Phi) is 5.25. The number of carbonyl (C=O) groups is 1. The summed E-state index contributed by atoms with van der Waals surface area (Å²) in [6.07, 6.45) is 1.44. The molecule has 0 unspecified atom stereocenters. The Morgan fingerprint density at radius 2 is 2.05 bits per heavy atom. The maximum Gasteiger partial charge on any atom is 0.338 e. The fraction of sp³-hybridized carbons (Fsp3) is 0.357. The number of carboxylic acids is 1. The zero-order valence-corrected chi connectivity index (χ0v) is 12.9. The average Bonchev–Trinajstić information content (AvgIpc) is 2.37. The number of halogens is 1. The number of rotatable bonds is 6. The first-order chi connectivity index (χ1) is 9.62. The second-order valence-electron chi connectivity index (χ2n) is 4.86. The van der Waals surface area contributed by atoms with E-state index in [1.165, 1.54) is 13.0 Å². The minimum Gasteiger partial charge on any atom is -0.478 e. The molecule has 1 N–H and O–H groups in total. The van der Waals surface area contributed by atoms with Crippen molar-refractivity contribution in [3.8, 4) is 0 Å². The van der Waals surface area contributed by atoms with Crippen LogP contribution < -0.4 is 0 Å². The van der Waals surface area contributed by atoms with Crippen molar-refractivity contribution in [1.29, 1.82) is 0 Å². The van der Waals surface area contributed by atoms with Crippen LogP contribution in [-0.4, -0.2) is 36.4 Å². The standard InChI is InChI=1S/C14H18FNO4S/c1-5-6-16(9(2)3)21(19,20)11-7-10(4)13(15)12(8-11)14(17)18/h5,7-9H,1,6H2,2-4H3,(H,17,18). The second kappa shape index (κ2) is 6.36. The van der Waals surface area contributed by atoms with Crippen molar-refractivity contribution in [2.24, 2.45) is 0 Å². The maximum absolute atomic E-state index is 13.7. The molecule has 0 aliphatic rings. The topological polar surface area (TPSA) is 74.7 Å². The molecule has 116 valence electrons. The molecular formula is C14H18FNO4S. The molecule has 0 spiro atoms. The molecule has 0 atom stereocenters. The maximum atomic E-state index is 13.7. The van der Waals surface area contributed by atoms with Gasteiger partial charge in [-0.15, -0.1) is 6.58 Å². The van der Waals surface area contributed by atoms with Gasteiger partial charge >= 0.3 is 5.97 Å². The van der Waals surface area contributed by atoms with Gasteiger partial charge in [-0.25, -0.2) is 17.6 Å². The lowest BCUT2D eigenvalue weighted by Crippen LogP contribution is -2.37. The predicted molar refractivity (Wildman–Crippen MR) is 77.3 cm³/mol. The van der Waals surface area contributed by atoms with E-state index in [2.05, 4.69) is 6.58 Å². The van der Waals surface area contributed by atoms with Crippen LogP contribution in [0.3, 0.4) is 0 Å². The van der Waals surface area contributed by atoms with Gasteiger partial charge in [0.1, 0.15) is 5.82 Å². The number of benzene rings is 1. The summed E-state index contributed by atoms with van der Waals surface area (Å²) in [4.78, 5) is 10.8. The lowest BCUT2D eigenvalue weighted by Gasteiger charge is -2.25. The van der Waals surface area contributed by atoms with E-state index in [9.17, 15) is 17.6 Å². The molecule has 0 heterocycles. The van der Waals surface area contributed by atoms with Crippen LogP contribution in [0, 0.1) is 12.7 Å². The third-order valence-corrected chi connectivity index (χ3v) is 4.97. The van der Waals surface area contributed by atoms with Crippen LogP contribution in [-0.2, 0) is 10.0 Å². The van der Waals surface area contributed by atoms with Crippen LogP contribution in [0.5, 0.6) is 0 Å². The molecule has 1 aromatic rings. The molecule has 0 fully saturated rings. The minimum absolute atomic E-state index is 0.0317. The van der Waals surface area contributed by atoms with Gasteiger partial charge in [-0.2, -0.15) is 4.31 Å². The normalized spacial score (nSPS) is 11.9. The summed E-state index contributed by atoms with van der Waals surface area (Å²) >= 11 is 0. The third-order valence-electron chi connectivity index (χ3n) is 2.95. The molecular weight excluding hydrogens is 297 g/mol. The summed E-state index contributed by atoms with van der Waals surface area (Å²) in [5.41, 5.74) is -0.688. The SMILES string of the molecule is C=CCN(C(C)C)S(=O)(=O)c1cc(C)c(F)c(C(=O)O)c1. The largest absolute Gasteiger partial charge is 0.478 e. The fourth-order valence-electron chi connectivity index (χ4n) is 1.89. The van der Waals surface area contributed by atoms with Crippen molar-refractivity contribution in [2.75, 3.05) is 6.54 Å². The molecule has 0 bridgehead atoms. The van der Waals surface area contributed by atoms with E-state index in [0.29, 0.717) is 0 Å². The molecule has 7 heteroatoms. The number of hydrogen-bond donors (Lipinski definition) is 1. The molecule has 0 saturated heterocycles. The molecule has 0 aliphatic carbocycles. The molecule has 1 aromatic carbocycles. The van der Waals surface area contributed by atoms with E-state index in [4.69, 9.17) is 5.11 Å². The Morgan fingerprint density at radius 3 is 2.48 bits per heavy atom. The van der Waals surface area contributed by atoms with Crippen LogP contribution in [0.25, 0.3) is 0 Å². The zero-order valence-electron chi connectivity index (χ0n) is 12.1. The van der Waals surface area contributed by atoms with Crippen molar-refractivity contribution in [3.05, 3.63) is 41.7 Å². The molecule has 21 heavy (non-hydrogen) atoms. The summed E-state index contributed by atoms with van der Waals surface area (Å²) < 4.78 is 40.0. The van der Waals surface area contributed by atoms with Crippen LogP contribution in [0.4, 0.5) is 4.39 Å². The monoisotopic (exact) mass is 315 g/mol. The van der Waals surface area contributed by atoms with E-state index >= 15 is 0 Å². The van der Waals surface area contributed by atoms with Crippen LogP contribution in [0.15, 0.2) is 29.7 Å². The average molecular weight is 315 g/mol. The molecule has 5 nitrogen and oxygen atoms in total. The molecule has 0 aliphatic heterocycles. The summed E-state index contributed by atoms with van der Waals surface area (Å²) in [7, 11) is -3.93. The van der Waals surface area contributed by atoms with Crippen LogP contribution >= 0.6 is 0 Å². The number of hydrogen-bond acceptors (Lipinski definition) is 3. The Hall–Kier alpha value is -1.73. The first kappa shape index (κ1) is 17.3. The highest BCUT2D eigenvalue weighted by Crippen LogP contribution is 2.23. The first-order valence-electron chi connectivity index (χ1n) is 6.29. The van der Waals surface area contributed by atoms with Gasteiger partial charge in [0.05, 0.1) is 10.5 Å². The van der Waals surface area contributed by atoms with Gasteiger partial charge in [-0.1, -0.05) is 6.08 Å². The Labute approximate surface area is 123 Å². The van der Waals surface area contributed by atoms with Crippen LogP contribution in [0.1, 0.15) is 29.8 Å². The molecule has 0 saturated carbocycles. The lowest BCUT2D eigenvalue weighted by atomic mass is 10.1. The van der Waals surface area contributed by atoms with E-state index in [0.717, 1.165) is 16.4 Å². The molecule has 1 rings (SSSR count). The van der Waals surface area contributed by atoms with Gasteiger partial charge in [0.25, 0.3) is 0 Å². The van der Waals surface area contributed by atoms with Crippen molar-refractivity contribution < 1.29 is 22.7 Å². The molecule has 0 aromatic heterocycles. The number of carboxylic acid groups (broad SMARTS) is 1.